The lowest BCUT2D eigenvalue weighted by atomic mass is 9.70. The molecule has 1 unspecified atom stereocenters. The fourth-order valence-electron chi connectivity index (χ4n) is 4.49. The number of ketones is 2. The normalized spacial score (nSPS) is 27.7. The summed E-state index contributed by atoms with van der Waals surface area (Å²) in [7, 11) is 0. The first kappa shape index (κ1) is 17.3. The minimum atomic E-state index is -0.533. The maximum Gasteiger partial charge on any atom is 0.148 e. The van der Waals surface area contributed by atoms with E-state index in [1.54, 1.807) is 0 Å². The Morgan fingerprint density at radius 2 is 1.58 bits per heavy atom. The van der Waals surface area contributed by atoms with E-state index in [-0.39, 0.29) is 17.5 Å². The van der Waals surface area contributed by atoms with Crippen LogP contribution in [0, 0.1) is 18.8 Å². The van der Waals surface area contributed by atoms with Crippen LogP contribution in [0.4, 0.5) is 0 Å². The molecular weight excluding hydrogens is 300 g/mol. The van der Waals surface area contributed by atoms with Gasteiger partial charge in [0.2, 0.25) is 0 Å². The number of Topliss-reactive ketones (excluding diaryl/α,β-unsaturated/α-hetero) is 2. The highest BCUT2D eigenvalue weighted by molar-refractivity contribution is 6.10. The molecule has 1 atom stereocenters. The molecule has 130 valence electrons. The van der Waals surface area contributed by atoms with Gasteiger partial charge < -0.3 is 4.74 Å². The van der Waals surface area contributed by atoms with Gasteiger partial charge in [-0.15, -0.1) is 0 Å². The van der Waals surface area contributed by atoms with Gasteiger partial charge in [0.25, 0.3) is 0 Å². The van der Waals surface area contributed by atoms with Gasteiger partial charge in [0.15, 0.2) is 0 Å². The molecule has 0 bridgehead atoms. The molecule has 0 amide bonds. The van der Waals surface area contributed by atoms with Gasteiger partial charge in [-0.05, 0) is 54.7 Å². The number of rotatable bonds is 4. The van der Waals surface area contributed by atoms with Crippen LogP contribution in [0.15, 0.2) is 12.1 Å². The molecule has 1 heterocycles. The summed E-state index contributed by atoms with van der Waals surface area (Å²) in [6.07, 6.45) is 3.78. The Balaban J connectivity index is 1.93. The van der Waals surface area contributed by atoms with E-state index < -0.39 is 5.92 Å². The summed E-state index contributed by atoms with van der Waals surface area (Å²) >= 11 is 0. The smallest absolute Gasteiger partial charge is 0.148 e. The summed E-state index contributed by atoms with van der Waals surface area (Å²) in [5, 5.41) is 0. The minimum absolute atomic E-state index is 0.122. The number of hydrogen-bond donors (Lipinski definition) is 0. The van der Waals surface area contributed by atoms with E-state index in [9.17, 15) is 9.59 Å². The van der Waals surface area contributed by atoms with E-state index in [2.05, 4.69) is 32.9 Å². The van der Waals surface area contributed by atoms with Crippen LogP contribution in [0.3, 0.4) is 0 Å². The van der Waals surface area contributed by atoms with E-state index in [1.165, 1.54) is 16.7 Å². The van der Waals surface area contributed by atoms with Crippen molar-refractivity contribution < 1.29 is 14.3 Å². The second kappa shape index (κ2) is 7.18. The van der Waals surface area contributed by atoms with Crippen molar-refractivity contribution in [3.8, 4) is 0 Å². The standard InChI is InChI=1S/C21H28O3/c1-4-14-8-13(3)9-15(5-2)20(14)21-18(22)10-17(11-19(21)23)16-6-7-24-12-16/h8-9,16-17,21H,4-7,10-12H2,1-3H3. The molecule has 0 aromatic heterocycles. The highest BCUT2D eigenvalue weighted by atomic mass is 16.5. The average Bonchev–Trinajstić information content (AvgIpc) is 3.09. The van der Waals surface area contributed by atoms with Gasteiger partial charge in [-0.1, -0.05) is 31.5 Å². The lowest BCUT2D eigenvalue weighted by Crippen LogP contribution is -2.36. The highest BCUT2D eigenvalue weighted by Crippen LogP contribution is 2.39. The Morgan fingerprint density at radius 1 is 1.00 bits per heavy atom. The summed E-state index contributed by atoms with van der Waals surface area (Å²) < 4.78 is 5.46. The zero-order valence-corrected chi connectivity index (χ0v) is 15.1. The summed E-state index contributed by atoms with van der Waals surface area (Å²) in [5.74, 6) is 0.277. The van der Waals surface area contributed by atoms with Crippen molar-refractivity contribution in [1.29, 1.82) is 0 Å². The summed E-state index contributed by atoms with van der Waals surface area (Å²) in [5.41, 5.74) is 4.56. The molecular formula is C21H28O3. The minimum Gasteiger partial charge on any atom is -0.381 e. The first-order valence-electron chi connectivity index (χ1n) is 9.30. The van der Waals surface area contributed by atoms with Crippen molar-refractivity contribution in [1.82, 2.24) is 0 Å². The molecule has 24 heavy (non-hydrogen) atoms. The third-order valence-electron chi connectivity index (χ3n) is 5.75. The Labute approximate surface area is 144 Å². The van der Waals surface area contributed by atoms with E-state index >= 15 is 0 Å². The van der Waals surface area contributed by atoms with Crippen LogP contribution in [0.5, 0.6) is 0 Å². The fraction of sp³-hybridized carbons (Fsp3) is 0.619. The van der Waals surface area contributed by atoms with Crippen molar-refractivity contribution >= 4 is 11.6 Å². The quantitative estimate of drug-likeness (QED) is 0.790. The maximum absolute atomic E-state index is 12.9. The third kappa shape index (κ3) is 3.19. The first-order chi connectivity index (χ1) is 11.5. The lowest BCUT2D eigenvalue weighted by molar-refractivity contribution is -0.134. The van der Waals surface area contributed by atoms with Gasteiger partial charge in [-0.25, -0.2) is 0 Å². The average molecular weight is 328 g/mol. The largest absolute Gasteiger partial charge is 0.381 e. The highest BCUT2D eigenvalue weighted by Gasteiger charge is 2.41. The maximum atomic E-state index is 12.9. The van der Waals surface area contributed by atoms with E-state index in [1.807, 2.05) is 0 Å². The van der Waals surface area contributed by atoms with Gasteiger partial charge in [0, 0.05) is 26.1 Å². The molecule has 0 radical (unpaired) electrons. The van der Waals surface area contributed by atoms with Crippen LogP contribution in [-0.2, 0) is 27.2 Å². The molecule has 3 nitrogen and oxygen atoms in total. The number of aryl methyl sites for hydroxylation is 3. The van der Waals surface area contributed by atoms with Crippen LogP contribution >= 0.6 is 0 Å². The van der Waals surface area contributed by atoms with E-state index in [0.717, 1.165) is 31.4 Å². The number of carbonyl (C=O) groups excluding carboxylic acids is 2. The van der Waals surface area contributed by atoms with Gasteiger partial charge in [0.05, 0.1) is 0 Å². The van der Waals surface area contributed by atoms with Crippen LogP contribution in [0.1, 0.15) is 61.3 Å². The number of benzene rings is 1. The SMILES string of the molecule is CCc1cc(C)cc(CC)c1C1C(=O)CC(C2CCOC2)CC1=O. The van der Waals surface area contributed by atoms with Crippen molar-refractivity contribution in [2.75, 3.05) is 13.2 Å². The van der Waals surface area contributed by atoms with Crippen molar-refractivity contribution in [3.05, 3.63) is 34.4 Å². The molecule has 1 aliphatic carbocycles. The Bertz CT molecular complexity index is 597. The van der Waals surface area contributed by atoms with Crippen molar-refractivity contribution in [2.24, 2.45) is 11.8 Å². The molecule has 3 heteroatoms. The molecule has 1 aliphatic heterocycles. The molecule has 1 aromatic rings. The number of carbonyl (C=O) groups is 2. The molecule has 1 saturated heterocycles. The zero-order chi connectivity index (χ0) is 17.3. The van der Waals surface area contributed by atoms with Gasteiger partial charge >= 0.3 is 0 Å². The Hall–Kier alpha value is -1.48. The van der Waals surface area contributed by atoms with Crippen LogP contribution in [0.25, 0.3) is 0 Å². The number of hydrogen-bond acceptors (Lipinski definition) is 3. The summed E-state index contributed by atoms with van der Waals surface area (Å²) in [4.78, 5) is 25.9. The number of ether oxygens (including phenoxy) is 1. The van der Waals surface area contributed by atoms with Crippen LogP contribution in [0.2, 0.25) is 0 Å². The Kier molecular flexibility index (Phi) is 5.19. The predicted molar refractivity (Wildman–Crippen MR) is 94.3 cm³/mol. The van der Waals surface area contributed by atoms with Gasteiger partial charge in [-0.2, -0.15) is 0 Å². The van der Waals surface area contributed by atoms with Gasteiger partial charge in [-0.3, -0.25) is 9.59 Å². The van der Waals surface area contributed by atoms with Crippen LogP contribution < -0.4 is 0 Å². The molecule has 1 aromatic carbocycles. The fourth-order valence-corrected chi connectivity index (χ4v) is 4.49. The third-order valence-corrected chi connectivity index (χ3v) is 5.75. The van der Waals surface area contributed by atoms with Crippen LogP contribution in [-0.4, -0.2) is 24.8 Å². The molecule has 2 fully saturated rings. The molecule has 3 rings (SSSR count). The first-order valence-corrected chi connectivity index (χ1v) is 9.30. The lowest BCUT2D eigenvalue weighted by Gasteiger charge is -2.31. The monoisotopic (exact) mass is 328 g/mol. The zero-order valence-electron chi connectivity index (χ0n) is 15.1. The second-order valence-electron chi connectivity index (χ2n) is 7.36. The Morgan fingerprint density at radius 3 is 2.04 bits per heavy atom. The van der Waals surface area contributed by atoms with Gasteiger partial charge in [0.1, 0.15) is 17.5 Å². The van der Waals surface area contributed by atoms with E-state index in [4.69, 9.17) is 4.74 Å². The second-order valence-corrected chi connectivity index (χ2v) is 7.36. The predicted octanol–water partition coefficient (Wildman–Crippen LogP) is 3.79. The molecule has 0 spiro atoms. The summed E-state index contributed by atoms with van der Waals surface area (Å²) in [6, 6.07) is 4.29. The van der Waals surface area contributed by atoms with E-state index in [0.29, 0.717) is 25.4 Å². The molecule has 0 N–H and O–H groups in total. The molecule has 2 aliphatic rings. The summed E-state index contributed by atoms with van der Waals surface area (Å²) in [6.45, 7) is 7.77. The van der Waals surface area contributed by atoms with Crippen molar-refractivity contribution in [3.63, 3.8) is 0 Å². The van der Waals surface area contributed by atoms with Crippen molar-refractivity contribution in [2.45, 2.75) is 58.8 Å². The topological polar surface area (TPSA) is 43.4 Å². The molecule has 1 saturated carbocycles.